The van der Waals surface area contributed by atoms with Gasteiger partial charge in [0.2, 0.25) is 21.6 Å². The summed E-state index contributed by atoms with van der Waals surface area (Å²) in [5.41, 5.74) is 1.62. The third kappa shape index (κ3) is 5.10. The van der Waals surface area contributed by atoms with Crippen LogP contribution in [-0.4, -0.2) is 42.9 Å². The van der Waals surface area contributed by atoms with E-state index >= 15 is 0 Å². The van der Waals surface area contributed by atoms with Gasteiger partial charge in [-0.05, 0) is 56.4 Å². The van der Waals surface area contributed by atoms with Crippen molar-refractivity contribution in [3.8, 4) is 11.5 Å². The second-order valence-electron chi connectivity index (χ2n) is 7.33. The van der Waals surface area contributed by atoms with Crippen molar-refractivity contribution < 1.29 is 27.2 Å². The predicted octanol–water partition coefficient (Wildman–Crippen LogP) is 3.92. The van der Waals surface area contributed by atoms with Crippen LogP contribution < -0.4 is 5.32 Å². The first-order valence-electron chi connectivity index (χ1n) is 10.2. The molecule has 4 rings (SSSR count). The normalized spacial score (nSPS) is 13.4. The number of benzene rings is 1. The van der Waals surface area contributed by atoms with Gasteiger partial charge in [-0.3, -0.25) is 4.79 Å². The van der Waals surface area contributed by atoms with Crippen molar-refractivity contribution >= 4 is 49.7 Å². The molecule has 1 aliphatic carbocycles. The third-order valence-electron chi connectivity index (χ3n) is 4.97. The number of amides is 1. The number of ether oxygens (including phenoxy) is 1. The monoisotopic (exact) mass is 509 g/mol. The molecule has 0 unspecified atom stereocenters. The molecule has 0 spiro atoms. The number of sulfone groups is 1. The van der Waals surface area contributed by atoms with Gasteiger partial charge in [0.25, 0.3) is 0 Å². The van der Waals surface area contributed by atoms with Crippen molar-refractivity contribution in [2.45, 2.75) is 37.8 Å². The summed E-state index contributed by atoms with van der Waals surface area (Å²) in [4.78, 5) is 26.2. The molecule has 0 bridgehead atoms. The molecule has 174 valence electrons. The van der Waals surface area contributed by atoms with E-state index in [1.807, 2.05) is 0 Å². The van der Waals surface area contributed by atoms with Crippen molar-refractivity contribution in [3.05, 3.63) is 45.3 Å². The van der Waals surface area contributed by atoms with Crippen molar-refractivity contribution in [1.82, 2.24) is 10.2 Å². The molecule has 1 N–H and O–H groups in total. The summed E-state index contributed by atoms with van der Waals surface area (Å²) in [6.07, 6.45) is 3.44. The summed E-state index contributed by atoms with van der Waals surface area (Å²) in [7, 11) is -4.22. The van der Waals surface area contributed by atoms with Crippen molar-refractivity contribution in [2.24, 2.45) is 0 Å². The highest BCUT2D eigenvalue weighted by Crippen LogP contribution is 2.38. The Morgan fingerprint density at radius 2 is 2.03 bits per heavy atom. The Balaban J connectivity index is 1.53. The minimum Gasteiger partial charge on any atom is -0.462 e. The van der Waals surface area contributed by atoms with Gasteiger partial charge in [-0.25, -0.2) is 13.2 Å². The molecule has 1 aromatic carbocycles. The summed E-state index contributed by atoms with van der Waals surface area (Å²) in [6, 6.07) is 6.49. The molecule has 0 fully saturated rings. The number of anilines is 1. The van der Waals surface area contributed by atoms with E-state index in [9.17, 15) is 18.0 Å². The smallest absolute Gasteiger partial charge is 0.341 e. The molecule has 3 aromatic rings. The number of nitrogens with zero attached hydrogens (tertiary/aromatic N) is 2. The molecule has 1 aliphatic rings. The number of carbonyl (C=O) groups excluding carboxylic acids is 2. The van der Waals surface area contributed by atoms with Crippen LogP contribution in [0.15, 0.2) is 33.9 Å². The van der Waals surface area contributed by atoms with Gasteiger partial charge in [-0.15, -0.1) is 16.4 Å². The first kappa shape index (κ1) is 23.4. The van der Waals surface area contributed by atoms with Gasteiger partial charge in [-0.2, -0.15) is 0 Å². The van der Waals surface area contributed by atoms with E-state index in [0.717, 1.165) is 29.7 Å². The van der Waals surface area contributed by atoms with Gasteiger partial charge >= 0.3 is 11.2 Å². The van der Waals surface area contributed by atoms with Crippen LogP contribution in [0.5, 0.6) is 0 Å². The minimum absolute atomic E-state index is 0.0352. The zero-order valence-electron chi connectivity index (χ0n) is 17.6. The van der Waals surface area contributed by atoms with Crippen molar-refractivity contribution in [3.63, 3.8) is 0 Å². The molecular formula is C21H20ClN3O6S2. The molecule has 1 amide bonds. The van der Waals surface area contributed by atoms with Gasteiger partial charge in [0.1, 0.15) is 10.8 Å². The lowest BCUT2D eigenvalue weighted by atomic mass is 9.95. The summed E-state index contributed by atoms with van der Waals surface area (Å²) in [5, 5.41) is 9.93. The maximum absolute atomic E-state index is 12.7. The van der Waals surface area contributed by atoms with Gasteiger partial charge < -0.3 is 14.5 Å². The van der Waals surface area contributed by atoms with Crippen molar-refractivity contribution in [1.29, 1.82) is 0 Å². The van der Waals surface area contributed by atoms with E-state index < -0.39 is 32.7 Å². The second kappa shape index (κ2) is 9.62. The zero-order valence-corrected chi connectivity index (χ0v) is 20.0. The molecule has 2 heterocycles. The number of halogens is 1. The fraction of sp³-hybridized carbons (Fsp3) is 0.333. The predicted molar refractivity (Wildman–Crippen MR) is 122 cm³/mol. The van der Waals surface area contributed by atoms with E-state index in [1.165, 1.54) is 11.3 Å². The second-order valence-corrected chi connectivity index (χ2v) is 10.7. The number of hydrogen-bond donors (Lipinski definition) is 1. The quantitative estimate of drug-likeness (QED) is 0.474. The van der Waals surface area contributed by atoms with E-state index in [4.69, 9.17) is 20.8 Å². The highest BCUT2D eigenvalue weighted by Gasteiger charge is 2.30. The Bertz CT molecular complexity index is 1320. The molecule has 2 aromatic heterocycles. The summed E-state index contributed by atoms with van der Waals surface area (Å²) < 4.78 is 35.8. The van der Waals surface area contributed by atoms with E-state index in [-0.39, 0.29) is 12.5 Å². The van der Waals surface area contributed by atoms with Crippen LogP contribution in [0.1, 0.15) is 40.6 Å². The van der Waals surface area contributed by atoms with Crippen LogP contribution in [0.4, 0.5) is 5.00 Å². The Labute approximate surface area is 199 Å². The Kier molecular flexibility index (Phi) is 6.82. The first-order valence-corrected chi connectivity index (χ1v) is 13.1. The van der Waals surface area contributed by atoms with E-state index in [1.54, 1.807) is 31.2 Å². The summed E-state index contributed by atoms with van der Waals surface area (Å²) in [5.74, 6) is -2.30. The van der Waals surface area contributed by atoms with Gasteiger partial charge in [0.15, 0.2) is 0 Å². The number of aryl methyl sites for hydroxylation is 1. The molecule has 0 saturated heterocycles. The number of carbonyl (C=O) groups is 2. The largest absolute Gasteiger partial charge is 0.462 e. The first-order chi connectivity index (χ1) is 15.8. The molecule has 12 heteroatoms. The molecule has 33 heavy (non-hydrogen) atoms. The highest BCUT2D eigenvalue weighted by molar-refractivity contribution is 7.91. The number of hydrogen-bond acceptors (Lipinski definition) is 9. The maximum atomic E-state index is 12.7. The summed E-state index contributed by atoms with van der Waals surface area (Å²) >= 11 is 7.21. The van der Waals surface area contributed by atoms with E-state index in [0.29, 0.717) is 27.6 Å². The third-order valence-corrected chi connectivity index (χ3v) is 7.75. The fourth-order valence-electron chi connectivity index (χ4n) is 3.54. The Morgan fingerprint density at radius 1 is 1.24 bits per heavy atom. The van der Waals surface area contributed by atoms with Crippen LogP contribution in [-0.2, 0) is 32.2 Å². The van der Waals surface area contributed by atoms with Gasteiger partial charge in [0.05, 0.1) is 12.2 Å². The summed E-state index contributed by atoms with van der Waals surface area (Å²) in [6.45, 7) is 1.89. The topological polar surface area (TPSA) is 128 Å². The van der Waals surface area contributed by atoms with Crippen LogP contribution in [0.3, 0.4) is 0 Å². The molecule has 0 aliphatic heterocycles. The van der Waals surface area contributed by atoms with Crippen LogP contribution in [0.25, 0.3) is 11.5 Å². The molecule has 0 radical (unpaired) electrons. The number of esters is 1. The SMILES string of the molecule is CCOC(=O)c1c(NC(=O)CS(=O)(=O)c2nnc(-c3cccc(Cl)c3)o2)sc2c1CCCC2. The average molecular weight is 510 g/mol. The van der Waals surface area contributed by atoms with Gasteiger partial charge in [0, 0.05) is 15.5 Å². The number of fused-ring (bicyclic) bond motifs is 1. The van der Waals surface area contributed by atoms with E-state index in [2.05, 4.69) is 15.5 Å². The number of thiophene rings is 1. The molecule has 9 nitrogen and oxygen atoms in total. The lowest BCUT2D eigenvalue weighted by Crippen LogP contribution is -2.24. The molecular weight excluding hydrogens is 490 g/mol. The fourth-order valence-corrected chi connectivity index (χ4v) is 5.94. The Morgan fingerprint density at radius 3 is 2.79 bits per heavy atom. The maximum Gasteiger partial charge on any atom is 0.341 e. The van der Waals surface area contributed by atoms with Crippen molar-refractivity contribution in [2.75, 3.05) is 17.7 Å². The van der Waals surface area contributed by atoms with Crippen LogP contribution in [0.2, 0.25) is 5.02 Å². The lowest BCUT2D eigenvalue weighted by Gasteiger charge is -2.12. The number of rotatable bonds is 7. The number of aromatic nitrogens is 2. The Hall–Kier alpha value is -2.76. The highest BCUT2D eigenvalue weighted by atomic mass is 35.5. The minimum atomic E-state index is -4.22. The number of nitrogens with one attached hydrogen (secondary N) is 1. The molecule has 0 atom stereocenters. The van der Waals surface area contributed by atoms with Crippen LogP contribution >= 0.6 is 22.9 Å². The lowest BCUT2D eigenvalue weighted by molar-refractivity contribution is -0.113. The standard InChI is InChI=1S/C21H20ClN3O6S2/c1-2-30-20(27)17-14-8-3-4-9-15(14)32-19(17)23-16(26)11-33(28,29)21-25-24-18(31-21)12-6-5-7-13(22)10-12/h5-7,10H,2-4,8-9,11H2,1H3,(H,23,26). The van der Waals surface area contributed by atoms with Crippen LogP contribution in [0, 0.1) is 0 Å². The van der Waals surface area contributed by atoms with Gasteiger partial charge in [-0.1, -0.05) is 22.8 Å². The average Bonchev–Trinajstić information content (AvgIpc) is 3.39. The zero-order chi connectivity index (χ0) is 23.6. The molecule has 0 saturated carbocycles.